The molecule has 0 saturated carbocycles. The van der Waals surface area contributed by atoms with Crippen molar-refractivity contribution in [3.05, 3.63) is 39.8 Å². The van der Waals surface area contributed by atoms with E-state index in [4.69, 9.17) is 16.3 Å². The molecule has 1 fully saturated rings. The van der Waals surface area contributed by atoms with Crippen molar-refractivity contribution in [3.8, 4) is 0 Å². The normalized spacial score (nSPS) is 18.0. The van der Waals surface area contributed by atoms with E-state index in [9.17, 15) is 14.4 Å². The molecule has 5 nitrogen and oxygen atoms in total. The summed E-state index contributed by atoms with van der Waals surface area (Å²) in [5, 5.41) is 0.0479. The van der Waals surface area contributed by atoms with Gasteiger partial charge >= 0.3 is 5.97 Å². The summed E-state index contributed by atoms with van der Waals surface area (Å²) in [5.41, 5.74) is 0.710. The van der Waals surface area contributed by atoms with Crippen LogP contribution in [0.25, 0.3) is 6.08 Å². The number of halogens is 1. The first-order valence-corrected chi connectivity index (χ1v) is 7.82. The Morgan fingerprint density at radius 3 is 2.82 bits per heavy atom. The lowest BCUT2D eigenvalue weighted by Crippen LogP contribution is -2.42. The van der Waals surface area contributed by atoms with Gasteiger partial charge in [-0.05, 0) is 49.4 Å². The van der Waals surface area contributed by atoms with Crippen LogP contribution in [-0.4, -0.2) is 34.7 Å². The Balaban J connectivity index is 2.23. The average molecular weight is 340 g/mol. The number of carbonyl (C=O) groups is 3. The molecule has 1 atom stereocenters. The summed E-state index contributed by atoms with van der Waals surface area (Å²) in [6.45, 7) is 3.33. The van der Waals surface area contributed by atoms with Crippen molar-refractivity contribution in [3.63, 3.8) is 0 Å². The molecule has 0 aliphatic carbocycles. The number of carbonyl (C=O) groups excluding carboxylic acids is 3. The number of esters is 1. The fourth-order valence-corrected chi connectivity index (χ4v) is 3.04. The van der Waals surface area contributed by atoms with E-state index in [1.807, 2.05) is 0 Å². The smallest absolute Gasteiger partial charge is 0.329 e. The molecular weight excluding hydrogens is 326 g/mol. The van der Waals surface area contributed by atoms with Gasteiger partial charge in [-0.25, -0.2) is 4.79 Å². The lowest BCUT2D eigenvalue weighted by Gasteiger charge is -2.19. The van der Waals surface area contributed by atoms with Crippen LogP contribution in [0, 0.1) is 0 Å². The predicted molar refractivity (Wildman–Crippen MR) is 85.4 cm³/mol. The third-order valence-electron chi connectivity index (χ3n) is 2.98. The van der Waals surface area contributed by atoms with Gasteiger partial charge in [0.25, 0.3) is 11.1 Å². The van der Waals surface area contributed by atoms with Gasteiger partial charge in [-0.2, -0.15) is 0 Å². The molecule has 1 aliphatic rings. The molecule has 1 heterocycles. The van der Waals surface area contributed by atoms with Crippen molar-refractivity contribution in [2.24, 2.45) is 0 Å². The van der Waals surface area contributed by atoms with Gasteiger partial charge in [0.2, 0.25) is 0 Å². The van der Waals surface area contributed by atoms with Crippen molar-refractivity contribution >= 4 is 46.6 Å². The zero-order valence-corrected chi connectivity index (χ0v) is 13.6. The van der Waals surface area contributed by atoms with E-state index >= 15 is 0 Å². The molecule has 1 saturated heterocycles. The molecule has 0 radical (unpaired) electrons. The zero-order valence-electron chi connectivity index (χ0n) is 12.0. The Kier molecular flexibility index (Phi) is 5.26. The SMILES string of the molecule is CCOC(=O)[C@@H](C)N1C(=O)S/C(=C/c2cccc(Cl)c2)C1=O. The number of hydrogen-bond acceptors (Lipinski definition) is 5. The third-order valence-corrected chi connectivity index (χ3v) is 4.10. The minimum absolute atomic E-state index is 0.192. The van der Waals surface area contributed by atoms with Crippen molar-refractivity contribution in [2.75, 3.05) is 6.61 Å². The van der Waals surface area contributed by atoms with Gasteiger partial charge in [0.05, 0.1) is 11.5 Å². The molecule has 2 rings (SSSR count). The molecule has 0 unspecified atom stereocenters. The Morgan fingerprint density at radius 1 is 1.45 bits per heavy atom. The molecule has 1 aromatic rings. The first kappa shape index (κ1) is 16.6. The van der Waals surface area contributed by atoms with E-state index < -0.39 is 23.2 Å². The molecule has 1 aliphatic heterocycles. The van der Waals surface area contributed by atoms with Crippen LogP contribution in [0.3, 0.4) is 0 Å². The molecular formula is C15H14ClNO4S. The average Bonchev–Trinajstić information content (AvgIpc) is 2.73. The minimum atomic E-state index is -0.947. The molecule has 0 aromatic heterocycles. The van der Waals surface area contributed by atoms with Gasteiger partial charge in [0, 0.05) is 5.02 Å². The zero-order chi connectivity index (χ0) is 16.3. The second-order valence-electron chi connectivity index (χ2n) is 4.53. The van der Waals surface area contributed by atoms with Gasteiger partial charge in [-0.15, -0.1) is 0 Å². The Labute approximate surface area is 137 Å². The fourth-order valence-electron chi connectivity index (χ4n) is 1.93. The molecule has 116 valence electrons. The summed E-state index contributed by atoms with van der Waals surface area (Å²) in [6.07, 6.45) is 1.58. The number of imide groups is 1. The monoisotopic (exact) mass is 339 g/mol. The van der Waals surface area contributed by atoms with E-state index in [0.29, 0.717) is 10.6 Å². The maximum Gasteiger partial charge on any atom is 0.329 e. The number of hydrogen-bond donors (Lipinski definition) is 0. The van der Waals surface area contributed by atoms with E-state index in [1.165, 1.54) is 6.92 Å². The Hall–Kier alpha value is -1.79. The van der Waals surface area contributed by atoms with Crippen molar-refractivity contribution < 1.29 is 19.1 Å². The molecule has 2 amide bonds. The van der Waals surface area contributed by atoms with Gasteiger partial charge < -0.3 is 4.74 Å². The third kappa shape index (κ3) is 3.51. The number of ether oxygens (including phenoxy) is 1. The van der Waals surface area contributed by atoms with Crippen LogP contribution in [0.2, 0.25) is 5.02 Å². The largest absolute Gasteiger partial charge is 0.464 e. The van der Waals surface area contributed by atoms with Gasteiger partial charge in [0.15, 0.2) is 0 Å². The first-order chi connectivity index (χ1) is 10.4. The van der Waals surface area contributed by atoms with E-state index in [1.54, 1.807) is 37.3 Å². The summed E-state index contributed by atoms with van der Waals surface area (Å²) in [7, 11) is 0. The quantitative estimate of drug-likeness (QED) is 0.622. The molecule has 0 spiro atoms. The van der Waals surface area contributed by atoms with Crippen LogP contribution in [0.1, 0.15) is 19.4 Å². The summed E-state index contributed by atoms with van der Waals surface area (Å²) in [4.78, 5) is 37.2. The number of rotatable bonds is 4. The van der Waals surface area contributed by atoms with Gasteiger partial charge in [-0.1, -0.05) is 23.7 Å². The van der Waals surface area contributed by atoms with Crippen LogP contribution < -0.4 is 0 Å². The highest BCUT2D eigenvalue weighted by atomic mass is 35.5. The predicted octanol–water partition coefficient (Wildman–Crippen LogP) is 3.33. The number of thioether (sulfide) groups is 1. The van der Waals surface area contributed by atoms with Gasteiger partial charge in [0.1, 0.15) is 6.04 Å². The lowest BCUT2D eigenvalue weighted by molar-refractivity contribution is -0.150. The standard InChI is InChI=1S/C15H14ClNO4S/c1-3-21-14(19)9(2)17-13(18)12(22-15(17)20)8-10-5-4-6-11(16)7-10/h4-9H,3H2,1-2H3/b12-8+/t9-/m1/s1. The molecule has 0 bridgehead atoms. The lowest BCUT2D eigenvalue weighted by atomic mass is 10.2. The second-order valence-corrected chi connectivity index (χ2v) is 5.96. The maximum absolute atomic E-state index is 12.3. The fraction of sp³-hybridized carbons (Fsp3) is 0.267. The molecule has 0 N–H and O–H groups in total. The van der Waals surface area contributed by atoms with E-state index in [2.05, 4.69) is 0 Å². The van der Waals surface area contributed by atoms with Crippen LogP contribution in [0.15, 0.2) is 29.2 Å². The highest BCUT2D eigenvalue weighted by Crippen LogP contribution is 2.34. The molecule has 1 aromatic carbocycles. The highest BCUT2D eigenvalue weighted by molar-refractivity contribution is 8.18. The van der Waals surface area contributed by atoms with Crippen LogP contribution in [0.4, 0.5) is 4.79 Å². The van der Waals surface area contributed by atoms with Gasteiger partial charge in [-0.3, -0.25) is 14.5 Å². The maximum atomic E-state index is 12.3. The summed E-state index contributed by atoms with van der Waals surface area (Å²) >= 11 is 6.69. The minimum Gasteiger partial charge on any atom is -0.464 e. The number of nitrogens with zero attached hydrogens (tertiary/aromatic N) is 1. The van der Waals surface area contributed by atoms with Crippen LogP contribution >= 0.6 is 23.4 Å². The summed E-state index contributed by atoms with van der Waals surface area (Å²) < 4.78 is 4.85. The first-order valence-electron chi connectivity index (χ1n) is 6.63. The van der Waals surface area contributed by atoms with Crippen molar-refractivity contribution in [1.29, 1.82) is 0 Å². The molecule has 22 heavy (non-hydrogen) atoms. The highest BCUT2D eigenvalue weighted by Gasteiger charge is 2.41. The van der Waals surface area contributed by atoms with Crippen molar-refractivity contribution in [2.45, 2.75) is 19.9 Å². The summed E-state index contributed by atoms with van der Waals surface area (Å²) in [5.74, 6) is -1.11. The number of benzene rings is 1. The van der Waals surface area contributed by atoms with Crippen LogP contribution in [-0.2, 0) is 14.3 Å². The second kappa shape index (κ2) is 6.98. The topological polar surface area (TPSA) is 63.7 Å². The summed E-state index contributed by atoms with van der Waals surface area (Å²) in [6, 6.07) is 5.98. The Bertz CT molecular complexity index is 659. The number of amides is 2. The van der Waals surface area contributed by atoms with Crippen molar-refractivity contribution in [1.82, 2.24) is 4.90 Å². The van der Waals surface area contributed by atoms with Crippen LogP contribution in [0.5, 0.6) is 0 Å². The molecule has 7 heteroatoms. The van der Waals surface area contributed by atoms with E-state index in [-0.39, 0.29) is 11.5 Å². The van der Waals surface area contributed by atoms with E-state index in [0.717, 1.165) is 16.7 Å². The Morgan fingerprint density at radius 2 is 2.18 bits per heavy atom.